The van der Waals surface area contributed by atoms with Crippen molar-refractivity contribution in [1.29, 1.82) is 0 Å². The van der Waals surface area contributed by atoms with E-state index in [1.165, 1.54) is 7.11 Å². The number of hydrogen-bond acceptors (Lipinski definition) is 4. The number of amides is 2. The fourth-order valence-corrected chi connectivity index (χ4v) is 2.21. The molecule has 1 aromatic rings. The molecular formula is C13H17N3O3. The van der Waals surface area contributed by atoms with Crippen LogP contribution in [0, 0.1) is 0 Å². The zero-order valence-corrected chi connectivity index (χ0v) is 11.0. The molecule has 0 radical (unpaired) electrons. The molecule has 1 saturated heterocycles. The lowest BCUT2D eigenvalue weighted by atomic mass is 10.1. The molecule has 0 saturated carbocycles. The largest absolute Gasteiger partial charge is 0.481 e. The number of piperazine rings is 1. The van der Waals surface area contributed by atoms with E-state index in [9.17, 15) is 9.59 Å². The summed E-state index contributed by atoms with van der Waals surface area (Å²) in [7, 11) is 1.54. The van der Waals surface area contributed by atoms with Gasteiger partial charge in [-0.05, 0) is 12.5 Å². The normalized spacial score (nSPS) is 19.3. The second-order valence-corrected chi connectivity index (χ2v) is 4.34. The average molecular weight is 263 g/mol. The zero-order valence-electron chi connectivity index (χ0n) is 11.0. The summed E-state index contributed by atoms with van der Waals surface area (Å²) in [4.78, 5) is 29.4. The smallest absolute Gasteiger partial charge is 0.243 e. The Morgan fingerprint density at radius 3 is 3.00 bits per heavy atom. The first-order valence-electron chi connectivity index (χ1n) is 6.22. The van der Waals surface area contributed by atoms with Crippen LogP contribution in [0.1, 0.15) is 18.9 Å². The van der Waals surface area contributed by atoms with Gasteiger partial charge in [-0.1, -0.05) is 13.0 Å². The molecule has 1 aliphatic heterocycles. The molecule has 1 atom stereocenters. The van der Waals surface area contributed by atoms with Gasteiger partial charge in [0.15, 0.2) is 0 Å². The Bertz CT molecular complexity index is 490. The van der Waals surface area contributed by atoms with Gasteiger partial charge in [0.2, 0.25) is 17.7 Å². The van der Waals surface area contributed by atoms with E-state index in [-0.39, 0.29) is 18.4 Å². The highest BCUT2D eigenvalue weighted by Gasteiger charge is 2.33. The van der Waals surface area contributed by atoms with Gasteiger partial charge in [0.25, 0.3) is 0 Å². The number of hydrogen-bond donors (Lipinski definition) is 1. The van der Waals surface area contributed by atoms with Crippen LogP contribution >= 0.6 is 0 Å². The van der Waals surface area contributed by atoms with Crippen LogP contribution in [0.25, 0.3) is 0 Å². The van der Waals surface area contributed by atoms with Crippen LogP contribution in [0.2, 0.25) is 0 Å². The number of methoxy groups -OCH3 is 1. The summed E-state index contributed by atoms with van der Waals surface area (Å²) >= 11 is 0. The maximum absolute atomic E-state index is 12.0. The second-order valence-electron chi connectivity index (χ2n) is 4.34. The number of nitrogens with zero attached hydrogens (tertiary/aromatic N) is 2. The summed E-state index contributed by atoms with van der Waals surface area (Å²) in [5, 5.41) is 2.60. The molecule has 1 N–H and O–H groups in total. The highest BCUT2D eigenvalue weighted by Crippen LogP contribution is 2.20. The lowest BCUT2D eigenvalue weighted by Gasteiger charge is -2.34. The minimum absolute atomic E-state index is 0.0535. The van der Waals surface area contributed by atoms with Crippen LogP contribution in [0.15, 0.2) is 18.3 Å². The zero-order chi connectivity index (χ0) is 13.8. The van der Waals surface area contributed by atoms with E-state index < -0.39 is 6.04 Å². The molecule has 1 unspecified atom stereocenters. The molecule has 102 valence electrons. The third-order valence-electron chi connectivity index (χ3n) is 3.18. The molecule has 0 bridgehead atoms. The van der Waals surface area contributed by atoms with Crippen LogP contribution in [-0.2, 0) is 16.1 Å². The quantitative estimate of drug-likeness (QED) is 0.849. The molecule has 2 amide bonds. The van der Waals surface area contributed by atoms with Gasteiger partial charge in [-0.25, -0.2) is 4.98 Å². The van der Waals surface area contributed by atoms with E-state index in [0.29, 0.717) is 18.8 Å². The van der Waals surface area contributed by atoms with Crippen molar-refractivity contribution in [2.24, 2.45) is 0 Å². The Morgan fingerprint density at radius 2 is 2.32 bits per heavy atom. The molecule has 6 heteroatoms. The van der Waals surface area contributed by atoms with Crippen LogP contribution in [0.4, 0.5) is 0 Å². The minimum atomic E-state index is -0.425. The van der Waals surface area contributed by atoms with Gasteiger partial charge in [-0.3, -0.25) is 9.59 Å². The van der Waals surface area contributed by atoms with Crippen molar-refractivity contribution < 1.29 is 14.3 Å². The van der Waals surface area contributed by atoms with E-state index in [1.54, 1.807) is 17.2 Å². The topological polar surface area (TPSA) is 71.5 Å². The predicted octanol–water partition coefficient (Wildman–Crippen LogP) is 0.327. The van der Waals surface area contributed by atoms with Crippen LogP contribution in [-0.4, -0.2) is 41.4 Å². The molecule has 1 aromatic heterocycles. The molecule has 19 heavy (non-hydrogen) atoms. The minimum Gasteiger partial charge on any atom is -0.481 e. The number of carbonyl (C=O) groups is 2. The van der Waals surface area contributed by atoms with Gasteiger partial charge in [0.05, 0.1) is 20.2 Å². The van der Waals surface area contributed by atoms with Crippen molar-refractivity contribution in [1.82, 2.24) is 15.2 Å². The van der Waals surface area contributed by atoms with Crippen molar-refractivity contribution in [2.75, 3.05) is 13.7 Å². The first-order valence-corrected chi connectivity index (χ1v) is 6.22. The van der Waals surface area contributed by atoms with Crippen molar-refractivity contribution in [3.63, 3.8) is 0 Å². The Balaban J connectivity index is 2.24. The number of nitrogens with one attached hydrogen (secondary N) is 1. The number of pyridine rings is 1. The molecule has 1 aliphatic rings. The van der Waals surface area contributed by atoms with E-state index in [2.05, 4.69) is 10.3 Å². The Kier molecular flexibility index (Phi) is 3.99. The fourth-order valence-electron chi connectivity index (χ4n) is 2.21. The van der Waals surface area contributed by atoms with Gasteiger partial charge in [-0.15, -0.1) is 0 Å². The molecular weight excluding hydrogens is 246 g/mol. The van der Waals surface area contributed by atoms with Crippen molar-refractivity contribution in [3.05, 3.63) is 23.9 Å². The standard InChI is InChI=1S/C13H17N3O3/c1-3-10-12(18)15-7-11(17)16(10)8-9-5-4-6-14-13(9)19-2/h4-6,10H,3,7-8H2,1-2H3,(H,15,18). The van der Waals surface area contributed by atoms with Crippen LogP contribution < -0.4 is 10.1 Å². The van der Waals surface area contributed by atoms with Gasteiger partial charge in [0.1, 0.15) is 6.04 Å². The van der Waals surface area contributed by atoms with E-state index in [4.69, 9.17) is 4.74 Å². The van der Waals surface area contributed by atoms with Gasteiger partial charge >= 0.3 is 0 Å². The number of carbonyl (C=O) groups excluding carboxylic acids is 2. The summed E-state index contributed by atoms with van der Waals surface area (Å²) in [6.45, 7) is 2.27. The molecule has 0 aliphatic carbocycles. The van der Waals surface area contributed by atoms with Crippen molar-refractivity contribution in [2.45, 2.75) is 25.9 Å². The molecule has 0 aromatic carbocycles. The summed E-state index contributed by atoms with van der Waals surface area (Å²) in [6, 6.07) is 3.21. The van der Waals surface area contributed by atoms with E-state index in [0.717, 1.165) is 5.56 Å². The number of aromatic nitrogens is 1. The maximum atomic E-state index is 12.0. The van der Waals surface area contributed by atoms with E-state index >= 15 is 0 Å². The number of ether oxygens (including phenoxy) is 1. The summed E-state index contributed by atoms with van der Waals surface area (Å²) in [5.74, 6) is 0.290. The Hall–Kier alpha value is -2.11. The molecule has 1 fully saturated rings. The molecule has 6 nitrogen and oxygen atoms in total. The lowest BCUT2D eigenvalue weighted by Crippen LogP contribution is -2.57. The second kappa shape index (κ2) is 5.69. The SMILES string of the molecule is CCC1C(=O)NCC(=O)N1Cc1cccnc1OC. The molecule has 2 rings (SSSR count). The highest BCUT2D eigenvalue weighted by molar-refractivity contribution is 5.94. The summed E-state index contributed by atoms with van der Waals surface area (Å²) in [5.41, 5.74) is 0.798. The third-order valence-corrected chi connectivity index (χ3v) is 3.18. The first-order chi connectivity index (χ1) is 9.17. The van der Waals surface area contributed by atoms with Gasteiger partial charge in [0, 0.05) is 11.8 Å². The van der Waals surface area contributed by atoms with Crippen molar-refractivity contribution in [3.8, 4) is 5.88 Å². The van der Waals surface area contributed by atoms with Crippen LogP contribution in [0.5, 0.6) is 5.88 Å². The fraction of sp³-hybridized carbons (Fsp3) is 0.462. The summed E-state index contributed by atoms with van der Waals surface area (Å²) in [6.07, 6.45) is 2.21. The van der Waals surface area contributed by atoms with Gasteiger partial charge < -0.3 is 15.0 Å². The maximum Gasteiger partial charge on any atom is 0.243 e. The first kappa shape index (κ1) is 13.3. The van der Waals surface area contributed by atoms with Gasteiger partial charge in [-0.2, -0.15) is 0 Å². The Labute approximate surface area is 111 Å². The van der Waals surface area contributed by atoms with Crippen molar-refractivity contribution >= 4 is 11.8 Å². The average Bonchev–Trinajstić information content (AvgIpc) is 2.44. The molecule has 2 heterocycles. The molecule has 0 spiro atoms. The lowest BCUT2D eigenvalue weighted by molar-refractivity contribution is -0.146. The monoisotopic (exact) mass is 263 g/mol. The third kappa shape index (κ3) is 2.67. The van der Waals surface area contributed by atoms with Crippen LogP contribution in [0.3, 0.4) is 0 Å². The number of rotatable bonds is 4. The van der Waals surface area contributed by atoms with E-state index in [1.807, 2.05) is 13.0 Å². The Morgan fingerprint density at radius 1 is 1.53 bits per heavy atom. The predicted molar refractivity (Wildman–Crippen MR) is 68.4 cm³/mol. The highest BCUT2D eigenvalue weighted by atomic mass is 16.5. The summed E-state index contributed by atoms with van der Waals surface area (Å²) < 4.78 is 5.17.